The van der Waals surface area contributed by atoms with Crippen molar-refractivity contribution in [2.24, 2.45) is 5.92 Å². The molecule has 2 heterocycles. The lowest BCUT2D eigenvalue weighted by Gasteiger charge is -2.26. The molecule has 1 N–H and O–H groups in total. The number of para-hydroxylation sites is 1. The minimum atomic E-state index is -4.54. The van der Waals surface area contributed by atoms with Gasteiger partial charge in [-0.2, -0.15) is 13.2 Å². The number of amides is 1. The number of fused-ring (bicyclic) bond motifs is 1. The summed E-state index contributed by atoms with van der Waals surface area (Å²) in [6.45, 7) is 7.93. The van der Waals surface area contributed by atoms with Gasteiger partial charge in [0.25, 0.3) is 0 Å². The number of aromatic nitrogens is 1. The molecule has 0 spiro atoms. The first-order valence-electron chi connectivity index (χ1n) is 12.2. The van der Waals surface area contributed by atoms with E-state index in [4.69, 9.17) is 4.74 Å². The second-order valence-corrected chi connectivity index (χ2v) is 9.74. The number of halogens is 3. The summed E-state index contributed by atoms with van der Waals surface area (Å²) in [6.07, 6.45) is -3.23. The maximum Gasteiger partial charge on any atom is 0.418 e. The third-order valence-electron chi connectivity index (χ3n) is 5.90. The van der Waals surface area contributed by atoms with Crippen molar-refractivity contribution in [1.29, 1.82) is 0 Å². The second kappa shape index (κ2) is 12.4. The van der Waals surface area contributed by atoms with E-state index in [2.05, 4.69) is 29.0 Å². The third-order valence-corrected chi connectivity index (χ3v) is 5.90. The molecule has 1 aromatic heterocycles. The second-order valence-electron chi connectivity index (χ2n) is 9.74. The van der Waals surface area contributed by atoms with E-state index in [1.165, 1.54) is 17.2 Å². The van der Waals surface area contributed by atoms with Crippen molar-refractivity contribution in [1.82, 2.24) is 19.7 Å². The van der Waals surface area contributed by atoms with Crippen LogP contribution in [0.25, 0.3) is 0 Å². The number of likely N-dealkylation sites (N-methyl/N-ethyl adjacent to an activating group) is 1. The predicted molar refractivity (Wildman–Crippen MR) is 134 cm³/mol. The van der Waals surface area contributed by atoms with Gasteiger partial charge in [-0.25, -0.2) is 0 Å². The van der Waals surface area contributed by atoms with Crippen LogP contribution in [0.1, 0.15) is 30.7 Å². The van der Waals surface area contributed by atoms with E-state index in [9.17, 15) is 18.0 Å². The molecule has 198 valence electrons. The van der Waals surface area contributed by atoms with Crippen LogP contribution in [-0.2, 0) is 24.1 Å². The van der Waals surface area contributed by atoms with E-state index in [1.807, 2.05) is 37.2 Å². The number of ether oxygens (including phenoxy) is 1. The normalized spacial score (nSPS) is 14.4. The number of alkyl halides is 3. The average molecular weight is 508 g/mol. The molecular formula is C26H36F3N5O2. The Labute approximate surface area is 211 Å². The van der Waals surface area contributed by atoms with Gasteiger partial charge < -0.3 is 19.9 Å². The van der Waals surface area contributed by atoms with E-state index in [-0.39, 0.29) is 31.2 Å². The van der Waals surface area contributed by atoms with Crippen molar-refractivity contribution < 1.29 is 22.7 Å². The van der Waals surface area contributed by atoms with E-state index in [0.29, 0.717) is 24.8 Å². The van der Waals surface area contributed by atoms with Crippen LogP contribution < -0.4 is 10.1 Å². The average Bonchev–Trinajstić information content (AvgIpc) is 3.01. The molecule has 0 fully saturated rings. The standard InChI is InChI=1S/C26H36F3N5O2/c1-19(2)16-33-13-14-36-25-20(17-33)7-5-9-22(25)31-15-24(35)34(12-11-32(3)4)18-23-21(26(27,28)29)8-6-10-30-23/h5-10,19,31H,11-18H2,1-4H3. The highest BCUT2D eigenvalue weighted by Gasteiger charge is 2.34. The van der Waals surface area contributed by atoms with Gasteiger partial charge in [0.05, 0.1) is 30.0 Å². The van der Waals surface area contributed by atoms with Gasteiger partial charge >= 0.3 is 6.18 Å². The zero-order valence-electron chi connectivity index (χ0n) is 21.4. The molecule has 1 aromatic carbocycles. The Hall–Kier alpha value is -2.85. The minimum absolute atomic E-state index is 0.0723. The van der Waals surface area contributed by atoms with Crippen LogP contribution in [0, 0.1) is 5.92 Å². The van der Waals surface area contributed by atoms with Gasteiger partial charge in [-0.05, 0) is 38.2 Å². The maximum absolute atomic E-state index is 13.5. The summed E-state index contributed by atoms with van der Waals surface area (Å²) in [5, 5.41) is 3.16. The third kappa shape index (κ3) is 7.83. The number of nitrogens with one attached hydrogen (secondary N) is 1. The van der Waals surface area contributed by atoms with Gasteiger partial charge in [0, 0.05) is 44.5 Å². The zero-order valence-corrected chi connectivity index (χ0v) is 21.4. The molecule has 1 amide bonds. The molecule has 1 aliphatic rings. The van der Waals surface area contributed by atoms with Gasteiger partial charge in [0.2, 0.25) is 5.91 Å². The van der Waals surface area contributed by atoms with Crippen molar-refractivity contribution >= 4 is 11.6 Å². The predicted octanol–water partition coefficient (Wildman–Crippen LogP) is 3.95. The van der Waals surface area contributed by atoms with Crippen LogP contribution in [0.3, 0.4) is 0 Å². The number of carbonyl (C=O) groups excluding carboxylic acids is 1. The molecule has 0 atom stereocenters. The number of carbonyl (C=O) groups is 1. The molecule has 0 saturated carbocycles. The Morgan fingerprint density at radius 2 is 1.97 bits per heavy atom. The van der Waals surface area contributed by atoms with Crippen LogP contribution in [0.2, 0.25) is 0 Å². The molecule has 0 aliphatic carbocycles. The SMILES string of the molecule is CC(C)CN1CCOc2c(cccc2NCC(=O)N(CCN(C)C)Cc2ncccc2C(F)(F)F)C1. The summed E-state index contributed by atoms with van der Waals surface area (Å²) in [6, 6.07) is 8.04. The first kappa shape index (κ1) is 27.7. The lowest BCUT2D eigenvalue weighted by atomic mass is 10.1. The summed E-state index contributed by atoms with van der Waals surface area (Å²) in [4.78, 5) is 22.8. The van der Waals surface area contributed by atoms with E-state index in [1.54, 1.807) is 0 Å². The minimum Gasteiger partial charge on any atom is -0.490 e. The molecule has 1 aliphatic heterocycles. The number of hydrogen-bond acceptors (Lipinski definition) is 6. The maximum atomic E-state index is 13.5. The van der Waals surface area contributed by atoms with Crippen LogP contribution in [-0.4, -0.2) is 79.0 Å². The molecule has 7 nitrogen and oxygen atoms in total. The molecule has 0 bridgehead atoms. The van der Waals surface area contributed by atoms with Crippen LogP contribution in [0.4, 0.5) is 18.9 Å². The van der Waals surface area contributed by atoms with Gasteiger partial charge in [-0.15, -0.1) is 0 Å². The molecule has 0 saturated heterocycles. The Morgan fingerprint density at radius 1 is 1.19 bits per heavy atom. The summed E-state index contributed by atoms with van der Waals surface area (Å²) in [5.74, 6) is 0.944. The van der Waals surface area contributed by atoms with Crippen LogP contribution >= 0.6 is 0 Å². The smallest absolute Gasteiger partial charge is 0.418 e. The van der Waals surface area contributed by atoms with Crippen LogP contribution in [0.15, 0.2) is 36.5 Å². The summed E-state index contributed by atoms with van der Waals surface area (Å²) >= 11 is 0. The summed E-state index contributed by atoms with van der Waals surface area (Å²) in [5.41, 5.74) is 0.750. The van der Waals surface area contributed by atoms with Gasteiger partial charge in [0.15, 0.2) is 0 Å². The monoisotopic (exact) mass is 507 g/mol. The molecule has 0 radical (unpaired) electrons. The van der Waals surface area contributed by atoms with Crippen molar-refractivity contribution in [3.63, 3.8) is 0 Å². The Balaban J connectivity index is 1.74. The Bertz CT molecular complexity index is 1010. The van der Waals surface area contributed by atoms with Gasteiger partial charge in [0.1, 0.15) is 12.4 Å². The zero-order chi connectivity index (χ0) is 26.3. The fraction of sp³-hybridized carbons (Fsp3) is 0.538. The number of benzene rings is 1. The molecular weight excluding hydrogens is 471 g/mol. The first-order chi connectivity index (χ1) is 17.0. The molecule has 10 heteroatoms. The number of pyridine rings is 1. The van der Waals surface area contributed by atoms with Crippen molar-refractivity contribution in [3.05, 3.63) is 53.3 Å². The largest absolute Gasteiger partial charge is 0.490 e. The van der Waals surface area contributed by atoms with Crippen molar-refractivity contribution in [2.45, 2.75) is 33.1 Å². The molecule has 36 heavy (non-hydrogen) atoms. The summed E-state index contributed by atoms with van der Waals surface area (Å²) < 4.78 is 46.5. The summed E-state index contributed by atoms with van der Waals surface area (Å²) in [7, 11) is 3.70. The number of rotatable bonds is 10. The fourth-order valence-electron chi connectivity index (χ4n) is 4.19. The van der Waals surface area contributed by atoms with E-state index < -0.39 is 11.7 Å². The van der Waals surface area contributed by atoms with Crippen molar-refractivity contribution in [3.8, 4) is 5.75 Å². The lowest BCUT2D eigenvalue weighted by molar-refractivity contribution is -0.140. The van der Waals surface area contributed by atoms with Gasteiger partial charge in [-0.1, -0.05) is 26.0 Å². The van der Waals surface area contributed by atoms with Gasteiger partial charge in [-0.3, -0.25) is 14.7 Å². The number of hydrogen-bond donors (Lipinski definition) is 1. The van der Waals surface area contributed by atoms with E-state index in [0.717, 1.165) is 37.0 Å². The molecule has 2 aromatic rings. The van der Waals surface area contributed by atoms with Crippen LogP contribution in [0.5, 0.6) is 5.75 Å². The highest BCUT2D eigenvalue weighted by molar-refractivity contribution is 5.81. The quantitative estimate of drug-likeness (QED) is 0.526. The lowest BCUT2D eigenvalue weighted by Crippen LogP contribution is -2.40. The van der Waals surface area contributed by atoms with Crippen molar-refractivity contribution in [2.75, 3.05) is 58.7 Å². The van der Waals surface area contributed by atoms with E-state index >= 15 is 0 Å². The Morgan fingerprint density at radius 3 is 2.67 bits per heavy atom. The topological polar surface area (TPSA) is 60.9 Å². The Kier molecular flexibility index (Phi) is 9.56. The number of anilines is 1. The number of nitrogens with zero attached hydrogens (tertiary/aromatic N) is 4. The fourth-order valence-corrected chi connectivity index (χ4v) is 4.19. The molecule has 3 rings (SSSR count). The highest BCUT2D eigenvalue weighted by atomic mass is 19.4. The highest BCUT2D eigenvalue weighted by Crippen LogP contribution is 2.33. The first-order valence-corrected chi connectivity index (χ1v) is 12.2. The molecule has 0 unspecified atom stereocenters.